The fraction of sp³-hybridized carbons (Fsp3) is 0.261. The number of carbonyl (C=O) groups excluding carboxylic acids is 1. The molecule has 3 aromatic rings. The van der Waals surface area contributed by atoms with E-state index in [0.717, 1.165) is 36.5 Å². The van der Waals surface area contributed by atoms with Crippen LogP contribution in [0.15, 0.2) is 60.8 Å². The smallest absolute Gasteiger partial charge is 0.241 e. The molecule has 4 rings (SSSR count). The number of fused-ring (bicyclic) bond motifs is 1. The number of nitrogens with zero attached hydrogens (tertiary/aromatic N) is 1. The minimum Gasteiger partial charge on any atom is -0.497 e. The number of amides is 1. The van der Waals surface area contributed by atoms with Crippen LogP contribution in [0.25, 0.3) is 16.5 Å². The Hall–Kier alpha value is -3.05. The number of para-hydroxylation sites is 1. The Morgan fingerprint density at radius 1 is 1.21 bits per heavy atom. The Morgan fingerprint density at radius 2 is 2.07 bits per heavy atom. The van der Waals surface area contributed by atoms with Gasteiger partial charge in [0.15, 0.2) is 0 Å². The number of nitrogens with one attached hydrogen (secondary N) is 2. The van der Waals surface area contributed by atoms with E-state index >= 15 is 0 Å². The van der Waals surface area contributed by atoms with Crippen LogP contribution in [0, 0.1) is 0 Å². The highest BCUT2D eigenvalue weighted by Gasteiger charge is 2.24. The van der Waals surface area contributed by atoms with Gasteiger partial charge in [-0.3, -0.25) is 9.69 Å². The largest absolute Gasteiger partial charge is 0.497 e. The van der Waals surface area contributed by atoms with Crippen molar-refractivity contribution >= 4 is 28.1 Å². The van der Waals surface area contributed by atoms with Gasteiger partial charge in [0.05, 0.1) is 13.2 Å². The molecular weight excluding hydrogens is 350 g/mol. The fourth-order valence-electron chi connectivity index (χ4n) is 3.73. The number of hydrogen-bond acceptors (Lipinski definition) is 3. The van der Waals surface area contributed by atoms with Gasteiger partial charge in [0.2, 0.25) is 5.91 Å². The number of anilines is 1. The summed E-state index contributed by atoms with van der Waals surface area (Å²) >= 11 is 0. The molecular formula is C23H25N3O2. The number of aromatic amines is 1. The Bertz CT molecular complexity index is 1020. The van der Waals surface area contributed by atoms with Gasteiger partial charge in [-0.25, -0.2) is 0 Å². The molecule has 0 radical (unpaired) electrons. The van der Waals surface area contributed by atoms with Crippen LogP contribution in [-0.4, -0.2) is 42.0 Å². The Morgan fingerprint density at radius 3 is 2.86 bits per heavy atom. The van der Waals surface area contributed by atoms with E-state index in [1.54, 1.807) is 7.11 Å². The van der Waals surface area contributed by atoms with Crippen LogP contribution in [0.5, 0.6) is 5.75 Å². The number of H-pyrrole nitrogens is 1. The van der Waals surface area contributed by atoms with Gasteiger partial charge in [-0.05, 0) is 37.1 Å². The molecule has 0 spiro atoms. The summed E-state index contributed by atoms with van der Waals surface area (Å²) in [5, 5.41) is 4.25. The number of methoxy groups -OCH3 is 1. The molecule has 0 bridgehead atoms. The molecule has 28 heavy (non-hydrogen) atoms. The molecule has 1 aliphatic rings. The van der Waals surface area contributed by atoms with Crippen LogP contribution >= 0.6 is 0 Å². The highest BCUT2D eigenvalue weighted by Crippen LogP contribution is 2.29. The topological polar surface area (TPSA) is 57.4 Å². The summed E-state index contributed by atoms with van der Waals surface area (Å²) in [5.41, 5.74) is 4.52. The molecule has 144 valence electrons. The van der Waals surface area contributed by atoms with Gasteiger partial charge >= 0.3 is 0 Å². The van der Waals surface area contributed by atoms with Crippen molar-refractivity contribution in [1.29, 1.82) is 0 Å². The molecule has 0 fully saturated rings. The first-order valence-corrected chi connectivity index (χ1v) is 9.60. The summed E-state index contributed by atoms with van der Waals surface area (Å²) in [6.45, 7) is 3.58. The van der Waals surface area contributed by atoms with E-state index in [4.69, 9.17) is 4.74 Å². The average Bonchev–Trinajstić information content (AvgIpc) is 3.17. The molecule has 0 aliphatic carbocycles. The lowest BCUT2D eigenvalue weighted by atomic mass is 9.98. The molecule has 1 aliphatic heterocycles. The Kier molecular flexibility index (Phi) is 5.17. The highest BCUT2D eigenvalue weighted by atomic mass is 16.5. The normalized spacial score (nSPS) is 15.9. The molecule has 0 saturated heterocycles. The predicted octanol–water partition coefficient (Wildman–Crippen LogP) is 4.29. The minimum atomic E-state index is -0.202. The third-order valence-electron chi connectivity index (χ3n) is 5.44. The molecule has 2 aromatic carbocycles. The van der Waals surface area contributed by atoms with E-state index in [-0.39, 0.29) is 11.9 Å². The van der Waals surface area contributed by atoms with Gasteiger partial charge in [-0.15, -0.1) is 0 Å². The van der Waals surface area contributed by atoms with Crippen LogP contribution in [-0.2, 0) is 4.79 Å². The molecule has 5 heteroatoms. The summed E-state index contributed by atoms with van der Waals surface area (Å²) in [4.78, 5) is 18.2. The second-order valence-electron chi connectivity index (χ2n) is 7.12. The van der Waals surface area contributed by atoms with Crippen molar-refractivity contribution in [2.24, 2.45) is 0 Å². The third kappa shape index (κ3) is 3.66. The second-order valence-corrected chi connectivity index (χ2v) is 7.12. The minimum absolute atomic E-state index is 0.00260. The van der Waals surface area contributed by atoms with Crippen molar-refractivity contribution in [3.05, 3.63) is 66.4 Å². The summed E-state index contributed by atoms with van der Waals surface area (Å²) in [6, 6.07) is 15.6. The SMILES string of the molecule is COc1cccc(NC(=O)[C@H](C)N2CC=C(c3c[nH]c4ccccc34)CC2)c1. The zero-order valence-electron chi connectivity index (χ0n) is 16.2. The van der Waals surface area contributed by atoms with Gasteiger partial charge < -0.3 is 15.0 Å². The fourth-order valence-corrected chi connectivity index (χ4v) is 3.73. The zero-order valence-corrected chi connectivity index (χ0v) is 16.2. The molecule has 5 nitrogen and oxygen atoms in total. The third-order valence-corrected chi connectivity index (χ3v) is 5.44. The van der Waals surface area contributed by atoms with Crippen LogP contribution in [0.4, 0.5) is 5.69 Å². The zero-order chi connectivity index (χ0) is 19.5. The number of rotatable bonds is 5. The van der Waals surface area contributed by atoms with Crippen molar-refractivity contribution in [2.45, 2.75) is 19.4 Å². The van der Waals surface area contributed by atoms with Crippen molar-refractivity contribution < 1.29 is 9.53 Å². The lowest BCUT2D eigenvalue weighted by Gasteiger charge is -2.31. The number of carbonyl (C=O) groups is 1. The molecule has 0 unspecified atom stereocenters. The molecule has 2 N–H and O–H groups in total. The lowest BCUT2D eigenvalue weighted by molar-refractivity contribution is -0.120. The van der Waals surface area contributed by atoms with E-state index in [9.17, 15) is 4.79 Å². The number of hydrogen-bond donors (Lipinski definition) is 2. The van der Waals surface area contributed by atoms with E-state index < -0.39 is 0 Å². The van der Waals surface area contributed by atoms with Crippen LogP contribution in [0.3, 0.4) is 0 Å². The maximum atomic E-state index is 12.7. The highest BCUT2D eigenvalue weighted by molar-refractivity contribution is 5.95. The second kappa shape index (κ2) is 7.90. The predicted molar refractivity (Wildman–Crippen MR) is 114 cm³/mol. The maximum absolute atomic E-state index is 12.7. The van der Waals surface area contributed by atoms with Gasteiger partial charge in [0.1, 0.15) is 5.75 Å². The van der Waals surface area contributed by atoms with E-state index in [1.165, 1.54) is 16.5 Å². The van der Waals surface area contributed by atoms with E-state index in [0.29, 0.717) is 0 Å². The Balaban J connectivity index is 1.42. The van der Waals surface area contributed by atoms with Crippen LogP contribution in [0.1, 0.15) is 18.9 Å². The lowest BCUT2D eigenvalue weighted by Crippen LogP contribution is -2.44. The number of ether oxygens (including phenoxy) is 1. The van der Waals surface area contributed by atoms with Crippen molar-refractivity contribution in [2.75, 3.05) is 25.5 Å². The maximum Gasteiger partial charge on any atom is 0.241 e. The monoisotopic (exact) mass is 375 g/mol. The van der Waals surface area contributed by atoms with Crippen LogP contribution < -0.4 is 10.1 Å². The number of aromatic nitrogens is 1. The summed E-state index contributed by atoms with van der Waals surface area (Å²) in [6.07, 6.45) is 5.26. The summed E-state index contributed by atoms with van der Waals surface area (Å²) < 4.78 is 5.22. The first kappa shape index (κ1) is 18.3. The summed E-state index contributed by atoms with van der Waals surface area (Å²) in [5.74, 6) is 0.729. The first-order valence-electron chi connectivity index (χ1n) is 9.60. The van der Waals surface area contributed by atoms with Crippen molar-refractivity contribution in [1.82, 2.24) is 9.88 Å². The molecule has 2 heterocycles. The van der Waals surface area contributed by atoms with E-state index in [2.05, 4.69) is 45.7 Å². The first-order chi connectivity index (χ1) is 13.7. The van der Waals surface area contributed by atoms with E-state index in [1.807, 2.05) is 37.3 Å². The van der Waals surface area contributed by atoms with Gasteiger partial charge in [-0.2, -0.15) is 0 Å². The summed E-state index contributed by atoms with van der Waals surface area (Å²) in [7, 11) is 1.62. The number of benzene rings is 2. The van der Waals surface area contributed by atoms with Gasteiger partial charge in [-0.1, -0.05) is 30.3 Å². The quantitative estimate of drug-likeness (QED) is 0.699. The molecule has 0 saturated carbocycles. The van der Waals surface area contributed by atoms with Gasteiger partial charge in [0.25, 0.3) is 0 Å². The van der Waals surface area contributed by atoms with Crippen LogP contribution in [0.2, 0.25) is 0 Å². The Labute approximate surface area is 165 Å². The standard InChI is InChI=1S/C23H25N3O2/c1-16(23(27)25-18-6-5-7-19(14-18)28-2)26-12-10-17(11-13-26)21-15-24-22-9-4-3-8-20(21)22/h3-10,14-16,24H,11-13H2,1-2H3,(H,25,27)/t16-/m0/s1. The van der Waals surface area contributed by atoms with Crippen molar-refractivity contribution in [3.63, 3.8) is 0 Å². The molecule has 1 atom stereocenters. The average molecular weight is 375 g/mol. The molecule has 1 amide bonds. The van der Waals surface area contributed by atoms with Crippen molar-refractivity contribution in [3.8, 4) is 5.75 Å². The van der Waals surface area contributed by atoms with Gasteiger partial charge in [0, 0.05) is 47.5 Å². The molecule has 1 aromatic heterocycles.